The second-order valence-electron chi connectivity index (χ2n) is 6.36. The summed E-state index contributed by atoms with van der Waals surface area (Å²) < 4.78 is 25.7. The number of fused-ring (bicyclic) bond motifs is 1. The van der Waals surface area contributed by atoms with Gasteiger partial charge in [-0.1, -0.05) is 18.2 Å². The smallest absolute Gasteiger partial charge is 0.206 e. The van der Waals surface area contributed by atoms with Gasteiger partial charge in [0, 0.05) is 49.8 Å². The molecule has 5 nitrogen and oxygen atoms in total. The van der Waals surface area contributed by atoms with E-state index >= 15 is 0 Å². The second-order valence-corrected chi connectivity index (χ2v) is 8.31. The minimum atomic E-state index is -3.50. The van der Waals surface area contributed by atoms with Crippen LogP contribution in [0.1, 0.15) is 5.56 Å². The Bertz CT molecular complexity index is 974. The summed E-state index contributed by atoms with van der Waals surface area (Å²) in [6, 6.07) is 13.9. The van der Waals surface area contributed by atoms with E-state index in [-0.39, 0.29) is 0 Å². The third-order valence-electron chi connectivity index (χ3n) is 4.71. The number of hydrogen-bond donors (Lipinski definition) is 2. The summed E-state index contributed by atoms with van der Waals surface area (Å²) in [7, 11) is -3.50. The first-order valence-electron chi connectivity index (χ1n) is 8.48. The standard InChI is InChI=1S/C19H21N3O2S/c23-25(24,16-4-2-1-3-5-16)17-6-7-19-18(12-17)15(13-21-19)14-22-10-8-20-9-11-22/h1-7,12-13,20-21H,8-11,14H2. The molecule has 0 radical (unpaired) electrons. The van der Waals surface area contributed by atoms with Crippen LogP contribution in [0.15, 0.2) is 64.5 Å². The number of hydrogen-bond acceptors (Lipinski definition) is 4. The Balaban J connectivity index is 1.71. The number of aromatic amines is 1. The van der Waals surface area contributed by atoms with Crippen LogP contribution in [0.2, 0.25) is 0 Å². The molecule has 1 saturated heterocycles. The first-order chi connectivity index (χ1) is 12.1. The molecule has 3 aromatic rings. The summed E-state index contributed by atoms with van der Waals surface area (Å²) in [4.78, 5) is 6.31. The Labute approximate surface area is 147 Å². The molecule has 0 atom stereocenters. The van der Waals surface area contributed by atoms with Gasteiger partial charge in [-0.15, -0.1) is 0 Å². The quantitative estimate of drug-likeness (QED) is 0.754. The monoisotopic (exact) mass is 355 g/mol. The zero-order chi connectivity index (χ0) is 17.3. The summed E-state index contributed by atoms with van der Waals surface area (Å²) in [5.74, 6) is 0. The predicted octanol–water partition coefficient (Wildman–Crippen LogP) is 2.41. The minimum Gasteiger partial charge on any atom is -0.361 e. The maximum absolute atomic E-state index is 12.9. The average molecular weight is 355 g/mol. The van der Waals surface area contributed by atoms with Crippen molar-refractivity contribution >= 4 is 20.7 Å². The summed E-state index contributed by atoms with van der Waals surface area (Å²) in [6.45, 7) is 4.84. The Morgan fingerprint density at radius 2 is 1.72 bits per heavy atom. The van der Waals surface area contributed by atoms with Gasteiger partial charge in [0.15, 0.2) is 0 Å². The van der Waals surface area contributed by atoms with Crippen LogP contribution in [0.25, 0.3) is 10.9 Å². The highest BCUT2D eigenvalue weighted by atomic mass is 32.2. The van der Waals surface area contributed by atoms with Gasteiger partial charge in [0.25, 0.3) is 0 Å². The van der Waals surface area contributed by atoms with E-state index in [0.29, 0.717) is 9.79 Å². The van der Waals surface area contributed by atoms with Gasteiger partial charge in [-0.2, -0.15) is 0 Å². The largest absolute Gasteiger partial charge is 0.361 e. The zero-order valence-corrected chi connectivity index (χ0v) is 14.7. The number of nitrogens with zero attached hydrogens (tertiary/aromatic N) is 1. The lowest BCUT2D eigenvalue weighted by atomic mass is 10.1. The maximum Gasteiger partial charge on any atom is 0.206 e. The number of benzene rings is 2. The molecule has 4 rings (SSSR count). The van der Waals surface area contributed by atoms with Gasteiger partial charge in [-0.3, -0.25) is 4.90 Å². The molecular formula is C19H21N3O2S. The summed E-state index contributed by atoms with van der Waals surface area (Å²) >= 11 is 0. The van der Waals surface area contributed by atoms with E-state index in [0.717, 1.165) is 49.2 Å². The molecule has 25 heavy (non-hydrogen) atoms. The lowest BCUT2D eigenvalue weighted by Crippen LogP contribution is -2.42. The van der Waals surface area contributed by atoms with E-state index in [4.69, 9.17) is 0 Å². The molecule has 0 unspecified atom stereocenters. The van der Waals surface area contributed by atoms with Crippen LogP contribution in [0.4, 0.5) is 0 Å². The average Bonchev–Trinajstić information content (AvgIpc) is 3.05. The first kappa shape index (κ1) is 16.3. The van der Waals surface area contributed by atoms with Crippen LogP contribution >= 0.6 is 0 Å². The summed E-state index contributed by atoms with van der Waals surface area (Å²) in [5, 5.41) is 4.33. The molecule has 0 bridgehead atoms. The van der Waals surface area contributed by atoms with E-state index in [2.05, 4.69) is 15.2 Å². The van der Waals surface area contributed by atoms with Crippen molar-refractivity contribution in [2.45, 2.75) is 16.3 Å². The molecule has 0 saturated carbocycles. The van der Waals surface area contributed by atoms with E-state index in [1.807, 2.05) is 18.3 Å². The molecule has 1 aliphatic heterocycles. The van der Waals surface area contributed by atoms with Gasteiger partial charge in [0.2, 0.25) is 9.84 Å². The summed E-state index contributed by atoms with van der Waals surface area (Å²) in [6.07, 6.45) is 1.99. The fraction of sp³-hybridized carbons (Fsp3) is 0.263. The van der Waals surface area contributed by atoms with E-state index in [1.165, 1.54) is 0 Å². The molecule has 1 fully saturated rings. The van der Waals surface area contributed by atoms with Gasteiger partial charge in [0.05, 0.1) is 9.79 Å². The number of rotatable bonds is 4. The Morgan fingerprint density at radius 1 is 0.960 bits per heavy atom. The fourth-order valence-corrected chi connectivity index (χ4v) is 4.61. The third-order valence-corrected chi connectivity index (χ3v) is 6.47. The van der Waals surface area contributed by atoms with Crippen LogP contribution in [0.5, 0.6) is 0 Å². The summed E-state index contributed by atoms with van der Waals surface area (Å²) in [5.41, 5.74) is 2.11. The van der Waals surface area contributed by atoms with Crippen LogP contribution in [-0.2, 0) is 16.4 Å². The van der Waals surface area contributed by atoms with E-state index in [9.17, 15) is 8.42 Å². The maximum atomic E-state index is 12.9. The SMILES string of the molecule is O=S(=O)(c1ccccc1)c1ccc2[nH]cc(CN3CCNCC3)c2c1. The van der Waals surface area contributed by atoms with Crippen LogP contribution < -0.4 is 5.32 Å². The molecule has 2 N–H and O–H groups in total. The highest BCUT2D eigenvalue weighted by Gasteiger charge is 2.19. The van der Waals surface area contributed by atoms with Crippen molar-refractivity contribution in [3.63, 3.8) is 0 Å². The predicted molar refractivity (Wildman–Crippen MR) is 98.3 cm³/mol. The fourth-order valence-electron chi connectivity index (χ4n) is 3.30. The second kappa shape index (κ2) is 6.63. The van der Waals surface area contributed by atoms with Gasteiger partial charge in [-0.25, -0.2) is 8.42 Å². The van der Waals surface area contributed by atoms with Crippen molar-refractivity contribution in [2.24, 2.45) is 0 Å². The van der Waals surface area contributed by atoms with Crippen molar-refractivity contribution in [2.75, 3.05) is 26.2 Å². The molecule has 6 heteroatoms. The van der Waals surface area contributed by atoms with Crippen LogP contribution in [-0.4, -0.2) is 44.5 Å². The number of nitrogens with one attached hydrogen (secondary N) is 2. The van der Waals surface area contributed by atoms with E-state index in [1.54, 1.807) is 36.4 Å². The number of piperazine rings is 1. The third kappa shape index (κ3) is 3.20. The van der Waals surface area contributed by atoms with Crippen molar-refractivity contribution < 1.29 is 8.42 Å². The van der Waals surface area contributed by atoms with Gasteiger partial charge in [-0.05, 0) is 35.9 Å². The Hall–Kier alpha value is -2.15. The molecule has 1 aliphatic rings. The molecule has 2 aromatic carbocycles. The molecule has 0 aliphatic carbocycles. The van der Waals surface area contributed by atoms with Gasteiger partial charge in [0.1, 0.15) is 0 Å². The van der Waals surface area contributed by atoms with Crippen LogP contribution in [0, 0.1) is 0 Å². The van der Waals surface area contributed by atoms with Gasteiger partial charge < -0.3 is 10.3 Å². The zero-order valence-electron chi connectivity index (χ0n) is 13.9. The van der Waals surface area contributed by atoms with Crippen molar-refractivity contribution in [1.29, 1.82) is 0 Å². The molecule has 1 aromatic heterocycles. The van der Waals surface area contributed by atoms with Crippen molar-refractivity contribution in [3.8, 4) is 0 Å². The number of aromatic nitrogens is 1. The first-order valence-corrected chi connectivity index (χ1v) is 9.96. The highest BCUT2D eigenvalue weighted by molar-refractivity contribution is 7.91. The lowest BCUT2D eigenvalue weighted by molar-refractivity contribution is 0.234. The van der Waals surface area contributed by atoms with Crippen LogP contribution in [0.3, 0.4) is 0 Å². The van der Waals surface area contributed by atoms with Gasteiger partial charge >= 0.3 is 0 Å². The molecule has 0 spiro atoms. The molecular weight excluding hydrogens is 334 g/mol. The number of sulfone groups is 1. The van der Waals surface area contributed by atoms with E-state index < -0.39 is 9.84 Å². The Kier molecular flexibility index (Phi) is 4.33. The molecule has 0 amide bonds. The molecule has 130 valence electrons. The van der Waals surface area contributed by atoms with Crippen molar-refractivity contribution in [3.05, 3.63) is 60.3 Å². The Morgan fingerprint density at radius 3 is 2.48 bits per heavy atom. The minimum absolute atomic E-state index is 0.327. The normalized spacial score (nSPS) is 16.3. The number of H-pyrrole nitrogens is 1. The van der Waals surface area contributed by atoms with Crippen molar-refractivity contribution in [1.82, 2.24) is 15.2 Å². The molecule has 2 heterocycles. The highest BCUT2D eigenvalue weighted by Crippen LogP contribution is 2.27. The lowest BCUT2D eigenvalue weighted by Gasteiger charge is -2.26. The topological polar surface area (TPSA) is 65.2 Å².